The number of hydrogen-bond donors (Lipinski definition) is 2. The van der Waals surface area contributed by atoms with Crippen LogP contribution in [0.2, 0.25) is 0 Å². The van der Waals surface area contributed by atoms with Gasteiger partial charge in [-0.25, -0.2) is 0 Å². The van der Waals surface area contributed by atoms with E-state index in [0.717, 1.165) is 25.7 Å². The summed E-state index contributed by atoms with van der Waals surface area (Å²) in [7, 11) is -4.10. The molecule has 5 nitrogen and oxygen atoms in total. The van der Waals surface area contributed by atoms with Crippen LogP contribution in [0.25, 0.3) is 0 Å². The molecule has 7 heteroatoms. The van der Waals surface area contributed by atoms with Gasteiger partial charge in [0.2, 0.25) is 0 Å². The third-order valence-electron chi connectivity index (χ3n) is 1.86. The van der Waals surface area contributed by atoms with Crippen molar-refractivity contribution in [2.24, 2.45) is 0 Å². The molecule has 0 heterocycles. The maximum atomic E-state index is 10.4. The van der Waals surface area contributed by atoms with Crippen LogP contribution in [0.1, 0.15) is 32.6 Å². The molecule has 0 saturated heterocycles. The predicted octanol–water partition coefficient (Wildman–Crippen LogP) is 0.451. The van der Waals surface area contributed by atoms with E-state index in [1.54, 1.807) is 0 Å². The monoisotopic (exact) mass is 263 g/mol. The Bertz CT molecular complexity index is 242. The van der Waals surface area contributed by atoms with Crippen molar-refractivity contribution < 1.29 is 22.8 Å². The van der Waals surface area contributed by atoms with Gasteiger partial charge in [0, 0.05) is 36.2 Å². The molecule has 2 N–H and O–H groups in total. The quantitative estimate of drug-likeness (QED) is 0.358. The average molecular weight is 263 g/mol. The van der Waals surface area contributed by atoms with E-state index in [1.807, 2.05) is 0 Å². The number of aliphatic hydroxyl groups is 1. The van der Waals surface area contributed by atoms with Crippen molar-refractivity contribution in [3.8, 4) is 0 Å². The van der Waals surface area contributed by atoms with E-state index < -0.39 is 22.0 Å². The van der Waals surface area contributed by atoms with E-state index in [0.29, 0.717) is 6.61 Å². The fourth-order valence-electron chi connectivity index (χ4n) is 1.14. The zero-order chi connectivity index (χ0) is 11.7. The Kier molecular flexibility index (Phi) is 13.1. The van der Waals surface area contributed by atoms with Gasteiger partial charge in [-0.05, 0) is 6.42 Å². The van der Waals surface area contributed by atoms with E-state index in [-0.39, 0.29) is 36.2 Å². The third kappa shape index (κ3) is 14.8. The second kappa shape index (κ2) is 11.0. The van der Waals surface area contributed by atoms with Gasteiger partial charge in [-0.1, -0.05) is 26.2 Å². The maximum absolute atomic E-state index is 10.4. The van der Waals surface area contributed by atoms with Gasteiger partial charge in [0.15, 0.2) is 0 Å². The molecule has 16 heavy (non-hydrogen) atoms. The van der Waals surface area contributed by atoms with Gasteiger partial charge in [0.1, 0.15) is 5.75 Å². The standard InChI is InChI=1S/C9H20O5S.Na/c1-2-3-4-5-6-14-7-9(10)8-15(11,12)13;/h9-10H,2-8H2,1H3,(H,11,12,13);. The average Bonchev–Trinajstić information content (AvgIpc) is 2.08. The summed E-state index contributed by atoms with van der Waals surface area (Å²) in [5, 5.41) is 9.12. The van der Waals surface area contributed by atoms with E-state index >= 15 is 0 Å². The summed E-state index contributed by atoms with van der Waals surface area (Å²) < 4.78 is 34.2. The van der Waals surface area contributed by atoms with Gasteiger partial charge in [0.25, 0.3) is 10.1 Å². The molecule has 0 saturated carbocycles. The van der Waals surface area contributed by atoms with Crippen LogP contribution in [0.5, 0.6) is 0 Å². The van der Waals surface area contributed by atoms with Crippen LogP contribution in [-0.4, -0.2) is 72.7 Å². The molecule has 0 bridgehead atoms. The molecule has 0 aliphatic carbocycles. The summed E-state index contributed by atoms with van der Waals surface area (Å²) in [6.07, 6.45) is 3.13. The number of unbranched alkanes of at least 4 members (excludes halogenated alkanes) is 3. The fraction of sp³-hybridized carbons (Fsp3) is 1.00. The van der Waals surface area contributed by atoms with Gasteiger partial charge in [-0.2, -0.15) is 8.42 Å². The van der Waals surface area contributed by atoms with Gasteiger partial charge in [-0.15, -0.1) is 0 Å². The Morgan fingerprint density at radius 2 is 1.88 bits per heavy atom. The van der Waals surface area contributed by atoms with Gasteiger partial charge < -0.3 is 9.84 Å². The van der Waals surface area contributed by atoms with Crippen molar-refractivity contribution in [3.05, 3.63) is 0 Å². The van der Waals surface area contributed by atoms with E-state index in [2.05, 4.69) is 6.92 Å². The minimum atomic E-state index is -4.10. The molecule has 0 aromatic carbocycles. The van der Waals surface area contributed by atoms with Crippen molar-refractivity contribution in [2.45, 2.75) is 38.7 Å². The summed E-state index contributed by atoms with van der Waals surface area (Å²) in [5.41, 5.74) is 0. The number of aliphatic hydroxyl groups excluding tert-OH is 1. The summed E-state index contributed by atoms with van der Waals surface area (Å²) in [5.74, 6) is -0.665. The zero-order valence-electron chi connectivity index (χ0n) is 10.1. The summed E-state index contributed by atoms with van der Waals surface area (Å²) >= 11 is 0. The smallest absolute Gasteiger partial charge is 0.267 e. The summed E-state index contributed by atoms with van der Waals surface area (Å²) in [6, 6.07) is 0. The van der Waals surface area contributed by atoms with Crippen LogP contribution in [0.4, 0.5) is 0 Å². The number of rotatable bonds is 9. The number of ether oxygens (including phenoxy) is 1. The first-order valence-electron chi connectivity index (χ1n) is 5.16. The molecule has 1 atom stereocenters. The molecule has 0 aliphatic rings. The Morgan fingerprint density at radius 3 is 2.38 bits per heavy atom. The summed E-state index contributed by atoms with van der Waals surface area (Å²) in [6.45, 7) is 2.57. The van der Waals surface area contributed by atoms with E-state index in [1.165, 1.54) is 0 Å². The van der Waals surface area contributed by atoms with Crippen LogP contribution in [0.3, 0.4) is 0 Å². The van der Waals surface area contributed by atoms with Crippen LogP contribution in [0.15, 0.2) is 0 Å². The van der Waals surface area contributed by atoms with E-state index in [9.17, 15) is 8.42 Å². The molecule has 1 unspecified atom stereocenters. The maximum Gasteiger partial charge on any atom is 0.267 e. The van der Waals surface area contributed by atoms with Crippen molar-refractivity contribution in [2.75, 3.05) is 19.0 Å². The molecule has 0 rings (SSSR count). The van der Waals surface area contributed by atoms with Crippen molar-refractivity contribution in [1.82, 2.24) is 0 Å². The Labute approximate surface area is 120 Å². The van der Waals surface area contributed by atoms with Crippen LogP contribution < -0.4 is 0 Å². The first-order chi connectivity index (χ1) is 6.95. The van der Waals surface area contributed by atoms with Gasteiger partial charge in [0.05, 0.1) is 12.7 Å². The zero-order valence-corrected chi connectivity index (χ0v) is 12.9. The summed E-state index contributed by atoms with van der Waals surface area (Å²) in [4.78, 5) is 0. The predicted molar refractivity (Wildman–Crippen MR) is 63.1 cm³/mol. The van der Waals surface area contributed by atoms with Gasteiger partial charge in [-0.3, -0.25) is 4.55 Å². The molecule has 0 amide bonds. The minimum absolute atomic E-state index is 0. The first-order valence-corrected chi connectivity index (χ1v) is 6.77. The molecule has 0 aliphatic heterocycles. The Hall–Kier alpha value is 0.830. The normalized spacial score (nSPS) is 13.2. The van der Waals surface area contributed by atoms with Crippen LogP contribution in [0, 0.1) is 0 Å². The van der Waals surface area contributed by atoms with Crippen molar-refractivity contribution >= 4 is 39.7 Å². The first kappa shape index (κ1) is 19.2. The molecule has 0 aromatic heterocycles. The second-order valence-electron chi connectivity index (χ2n) is 3.54. The largest absolute Gasteiger partial charge is 0.390 e. The molecule has 0 fully saturated rings. The fourth-order valence-corrected chi connectivity index (χ4v) is 1.72. The van der Waals surface area contributed by atoms with Crippen LogP contribution >= 0.6 is 0 Å². The Balaban J connectivity index is 0. The minimum Gasteiger partial charge on any atom is -0.390 e. The second-order valence-corrected chi connectivity index (χ2v) is 5.04. The SMILES string of the molecule is CCCCCCOCC(O)CS(=O)(=O)O.[Na]. The van der Waals surface area contributed by atoms with Crippen molar-refractivity contribution in [3.63, 3.8) is 0 Å². The molecular weight excluding hydrogens is 243 g/mol. The molecule has 0 aromatic rings. The Morgan fingerprint density at radius 1 is 1.25 bits per heavy atom. The van der Waals surface area contributed by atoms with Crippen molar-refractivity contribution in [1.29, 1.82) is 0 Å². The third-order valence-corrected chi connectivity index (χ3v) is 2.66. The number of hydrogen-bond acceptors (Lipinski definition) is 4. The topological polar surface area (TPSA) is 83.8 Å². The van der Waals surface area contributed by atoms with Crippen LogP contribution in [-0.2, 0) is 14.9 Å². The molecule has 0 spiro atoms. The molecule has 1 radical (unpaired) electrons. The molecular formula is C9H20NaO5S. The molecule has 93 valence electrons. The van der Waals surface area contributed by atoms with E-state index in [4.69, 9.17) is 14.4 Å². The van der Waals surface area contributed by atoms with Gasteiger partial charge >= 0.3 is 0 Å².